The Morgan fingerprint density at radius 1 is 1.32 bits per heavy atom. The van der Waals surface area contributed by atoms with Crippen molar-refractivity contribution < 1.29 is 5.11 Å². The van der Waals surface area contributed by atoms with Gasteiger partial charge in [-0.2, -0.15) is 5.26 Å². The van der Waals surface area contributed by atoms with Gasteiger partial charge in [-0.05, 0) is 49.5 Å². The van der Waals surface area contributed by atoms with E-state index >= 15 is 0 Å². The molecule has 1 aromatic carbocycles. The average molecular weight is 255 g/mol. The molecule has 0 heterocycles. The largest absolute Gasteiger partial charge is 0.391 e. The first-order valence-electron chi connectivity index (χ1n) is 7.38. The molecule has 2 fully saturated rings. The Labute approximate surface area is 115 Å². The van der Waals surface area contributed by atoms with Crippen molar-refractivity contribution in [2.45, 2.75) is 44.6 Å². The quantitative estimate of drug-likeness (QED) is 0.897. The van der Waals surface area contributed by atoms with E-state index in [9.17, 15) is 10.4 Å². The molecule has 2 bridgehead atoms. The summed E-state index contributed by atoms with van der Waals surface area (Å²) in [6.45, 7) is 0. The molecule has 4 unspecified atom stereocenters. The Kier molecular flexibility index (Phi) is 3.33. The second-order valence-electron chi connectivity index (χ2n) is 6.27. The van der Waals surface area contributed by atoms with Crippen LogP contribution in [0.3, 0.4) is 0 Å². The van der Waals surface area contributed by atoms with Gasteiger partial charge < -0.3 is 5.11 Å². The summed E-state index contributed by atoms with van der Waals surface area (Å²) in [4.78, 5) is 0. The first-order valence-corrected chi connectivity index (χ1v) is 7.38. The molecule has 0 saturated heterocycles. The number of rotatable bonds is 4. The number of benzene rings is 1. The number of aliphatic hydroxyl groups excluding tert-OH is 1. The molecule has 2 saturated carbocycles. The minimum atomic E-state index is -0.465. The third-order valence-corrected chi connectivity index (χ3v) is 5.25. The Balaban J connectivity index is 1.67. The maximum absolute atomic E-state index is 10.6. The highest BCUT2D eigenvalue weighted by atomic mass is 16.3. The van der Waals surface area contributed by atoms with Crippen LogP contribution in [-0.4, -0.2) is 11.2 Å². The predicted octanol–water partition coefficient (Wildman–Crippen LogP) is 3.31. The summed E-state index contributed by atoms with van der Waals surface area (Å²) in [5.74, 6) is 1.13. The van der Waals surface area contributed by atoms with Crippen molar-refractivity contribution in [2.24, 2.45) is 17.3 Å². The number of fused-ring (bicyclic) bond motifs is 2. The smallest absolute Gasteiger partial charge is 0.0863 e. The van der Waals surface area contributed by atoms with Gasteiger partial charge >= 0.3 is 0 Å². The molecule has 0 radical (unpaired) electrons. The van der Waals surface area contributed by atoms with E-state index in [0.29, 0.717) is 18.3 Å². The molecule has 0 amide bonds. The summed E-state index contributed by atoms with van der Waals surface area (Å²) in [5.41, 5.74) is 0.801. The molecule has 2 aliphatic rings. The van der Waals surface area contributed by atoms with Crippen molar-refractivity contribution in [3.05, 3.63) is 35.9 Å². The van der Waals surface area contributed by atoms with E-state index in [1.807, 2.05) is 18.2 Å². The minimum absolute atomic E-state index is 0.438. The lowest BCUT2D eigenvalue weighted by molar-refractivity contribution is 0.0190. The summed E-state index contributed by atoms with van der Waals surface area (Å²) in [6, 6.07) is 12.7. The van der Waals surface area contributed by atoms with E-state index in [2.05, 4.69) is 18.2 Å². The highest BCUT2D eigenvalue weighted by molar-refractivity contribution is 5.17. The van der Waals surface area contributed by atoms with Crippen molar-refractivity contribution >= 4 is 0 Å². The van der Waals surface area contributed by atoms with E-state index in [1.165, 1.54) is 12.0 Å². The maximum Gasteiger partial charge on any atom is 0.0863 e. The van der Waals surface area contributed by atoms with Crippen LogP contribution in [0.2, 0.25) is 0 Å². The van der Waals surface area contributed by atoms with E-state index in [-0.39, 0.29) is 0 Å². The summed E-state index contributed by atoms with van der Waals surface area (Å²) >= 11 is 0. The van der Waals surface area contributed by atoms with Gasteiger partial charge in [-0.1, -0.05) is 36.8 Å². The fourth-order valence-electron chi connectivity index (χ4n) is 4.20. The second kappa shape index (κ2) is 4.98. The summed E-state index contributed by atoms with van der Waals surface area (Å²) in [7, 11) is 0. The van der Waals surface area contributed by atoms with Gasteiger partial charge in [-0.3, -0.25) is 0 Å². The Morgan fingerprint density at radius 2 is 2.11 bits per heavy atom. The summed E-state index contributed by atoms with van der Waals surface area (Å²) < 4.78 is 0. The second-order valence-corrected chi connectivity index (χ2v) is 6.27. The number of hydrogen-bond donors (Lipinski definition) is 1. The fraction of sp³-hybridized carbons (Fsp3) is 0.588. The summed E-state index contributed by atoms with van der Waals surface area (Å²) in [6.07, 6.45) is 5.59. The number of aryl methyl sites for hydroxylation is 1. The zero-order valence-electron chi connectivity index (χ0n) is 11.3. The van der Waals surface area contributed by atoms with Crippen molar-refractivity contribution in [1.29, 1.82) is 5.26 Å². The van der Waals surface area contributed by atoms with E-state index in [1.54, 1.807) is 0 Å². The minimum Gasteiger partial charge on any atom is -0.391 e. The Hall–Kier alpha value is -1.33. The van der Waals surface area contributed by atoms with E-state index in [4.69, 9.17) is 0 Å². The van der Waals surface area contributed by atoms with Gasteiger partial charge in [0.2, 0.25) is 0 Å². The Morgan fingerprint density at radius 3 is 2.68 bits per heavy atom. The molecule has 0 spiro atoms. The van der Waals surface area contributed by atoms with Crippen LogP contribution in [0, 0.1) is 28.6 Å². The van der Waals surface area contributed by atoms with Gasteiger partial charge in [-0.15, -0.1) is 0 Å². The molecule has 2 aliphatic carbocycles. The fourth-order valence-corrected chi connectivity index (χ4v) is 4.20. The van der Waals surface area contributed by atoms with Gasteiger partial charge in [-0.25, -0.2) is 0 Å². The topological polar surface area (TPSA) is 44.0 Å². The predicted molar refractivity (Wildman–Crippen MR) is 74.3 cm³/mol. The van der Waals surface area contributed by atoms with E-state index in [0.717, 1.165) is 25.7 Å². The number of aliphatic hydroxyl groups is 1. The van der Waals surface area contributed by atoms with Crippen LogP contribution in [0.1, 0.15) is 37.7 Å². The van der Waals surface area contributed by atoms with Crippen LogP contribution in [-0.2, 0) is 6.42 Å². The van der Waals surface area contributed by atoms with Crippen LogP contribution < -0.4 is 0 Å². The lowest BCUT2D eigenvalue weighted by atomic mass is 9.69. The number of nitrogens with zero attached hydrogens (tertiary/aromatic N) is 1. The lowest BCUT2D eigenvalue weighted by Gasteiger charge is -2.35. The molecule has 1 N–H and O–H groups in total. The highest BCUT2D eigenvalue weighted by Crippen LogP contribution is 2.57. The van der Waals surface area contributed by atoms with Gasteiger partial charge in [0.1, 0.15) is 0 Å². The first-order chi connectivity index (χ1) is 9.24. The van der Waals surface area contributed by atoms with Crippen molar-refractivity contribution in [3.8, 4) is 6.07 Å². The third-order valence-electron chi connectivity index (χ3n) is 5.25. The normalized spacial score (nSPS) is 34.1. The zero-order chi connectivity index (χ0) is 13.3. The van der Waals surface area contributed by atoms with Crippen LogP contribution in [0.15, 0.2) is 30.3 Å². The third kappa shape index (κ3) is 2.17. The SMILES string of the molecule is N#CC1(C(O)CCc2ccccc2)CC2CCC1C2. The van der Waals surface area contributed by atoms with Gasteiger partial charge in [0, 0.05) is 0 Å². The van der Waals surface area contributed by atoms with Crippen molar-refractivity contribution in [2.75, 3.05) is 0 Å². The summed E-state index contributed by atoms with van der Waals surface area (Å²) in [5, 5.41) is 20.2. The monoisotopic (exact) mass is 255 g/mol. The van der Waals surface area contributed by atoms with Crippen LogP contribution in [0.5, 0.6) is 0 Å². The molecular formula is C17H21NO. The molecule has 0 aromatic heterocycles. The molecule has 2 nitrogen and oxygen atoms in total. The first kappa shape index (κ1) is 12.7. The van der Waals surface area contributed by atoms with Crippen LogP contribution in [0.25, 0.3) is 0 Å². The standard InChI is InChI=1S/C17H21NO/c18-12-17(11-14-6-8-15(17)10-14)16(19)9-7-13-4-2-1-3-5-13/h1-5,14-16,19H,6-11H2. The van der Waals surface area contributed by atoms with Crippen molar-refractivity contribution in [1.82, 2.24) is 0 Å². The van der Waals surface area contributed by atoms with Crippen LogP contribution in [0.4, 0.5) is 0 Å². The number of hydrogen-bond acceptors (Lipinski definition) is 2. The Bertz CT molecular complexity index is 478. The lowest BCUT2D eigenvalue weighted by Crippen LogP contribution is -2.39. The van der Waals surface area contributed by atoms with Gasteiger partial charge in [0.25, 0.3) is 0 Å². The number of nitriles is 1. The molecule has 4 atom stereocenters. The molecule has 3 rings (SSSR count). The molecule has 100 valence electrons. The maximum atomic E-state index is 10.6. The van der Waals surface area contributed by atoms with Gasteiger partial charge in [0.15, 0.2) is 0 Å². The molecule has 1 aromatic rings. The van der Waals surface area contributed by atoms with Crippen LogP contribution >= 0.6 is 0 Å². The van der Waals surface area contributed by atoms with E-state index < -0.39 is 11.5 Å². The van der Waals surface area contributed by atoms with Crippen molar-refractivity contribution in [3.63, 3.8) is 0 Å². The molecule has 0 aliphatic heterocycles. The average Bonchev–Trinajstić information content (AvgIpc) is 3.06. The van der Waals surface area contributed by atoms with Gasteiger partial charge in [0.05, 0.1) is 17.6 Å². The molecular weight excluding hydrogens is 234 g/mol. The highest BCUT2D eigenvalue weighted by Gasteiger charge is 2.55. The zero-order valence-corrected chi connectivity index (χ0v) is 11.3. The molecule has 2 heteroatoms. The molecule has 19 heavy (non-hydrogen) atoms.